The Morgan fingerprint density at radius 3 is 3.35 bits per heavy atom. The van der Waals surface area contributed by atoms with Gasteiger partial charge in [0.1, 0.15) is 11.9 Å². The zero-order valence-electron chi connectivity index (χ0n) is 11.2. The maximum atomic E-state index is 10.9. The largest absolute Gasteiger partial charge is 0.377 e. The van der Waals surface area contributed by atoms with Crippen molar-refractivity contribution in [3.8, 4) is 0 Å². The Hall–Kier alpha value is -1.73. The van der Waals surface area contributed by atoms with Crippen molar-refractivity contribution in [1.29, 1.82) is 0 Å². The number of nitrogens with one attached hydrogen (secondary N) is 1. The van der Waals surface area contributed by atoms with E-state index in [4.69, 9.17) is 4.74 Å². The number of aromatic nitrogens is 1. The fourth-order valence-corrected chi connectivity index (χ4v) is 2.91. The lowest BCUT2D eigenvalue weighted by molar-refractivity contribution is -0.384. The highest BCUT2D eigenvalue weighted by atomic mass is 16.6. The van der Waals surface area contributed by atoms with Crippen LogP contribution in [0, 0.1) is 10.1 Å². The number of fused-ring (bicyclic) bond motifs is 1. The second-order valence-electron chi connectivity index (χ2n) is 5.28. The summed E-state index contributed by atoms with van der Waals surface area (Å²) in [6, 6.07) is 2.20. The molecule has 2 aliphatic heterocycles. The zero-order valence-corrected chi connectivity index (χ0v) is 11.2. The maximum Gasteiger partial charge on any atom is 0.310 e. The standard InChI is InChI=1S/C13H18N4O3/c18-17(19)13-7-14-4-3-12(13)15-6-11-8-16-5-1-2-10(16)9-20-11/h3-4,7,10-11H,1-2,5-6,8-9H2,(H,14,15). The van der Waals surface area contributed by atoms with Gasteiger partial charge in [0.2, 0.25) is 0 Å². The predicted molar refractivity (Wildman–Crippen MR) is 73.7 cm³/mol. The molecular weight excluding hydrogens is 260 g/mol. The van der Waals surface area contributed by atoms with Crippen LogP contribution >= 0.6 is 0 Å². The topological polar surface area (TPSA) is 80.5 Å². The molecule has 1 aromatic heterocycles. The van der Waals surface area contributed by atoms with Crippen molar-refractivity contribution < 1.29 is 9.66 Å². The van der Waals surface area contributed by atoms with Crippen molar-refractivity contribution in [1.82, 2.24) is 9.88 Å². The Balaban J connectivity index is 1.58. The minimum absolute atomic E-state index is 0.00218. The first-order valence-corrected chi connectivity index (χ1v) is 6.92. The fraction of sp³-hybridized carbons (Fsp3) is 0.615. The highest BCUT2D eigenvalue weighted by Crippen LogP contribution is 2.24. The van der Waals surface area contributed by atoms with E-state index in [0.29, 0.717) is 18.3 Å². The van der Waals surface area contributed by atoms with Crippen LogP contribution < -0.4 is 5.32 Å². The van der Waals surface area contributed by atoms with E-state index in [2.05, 4.69) is 15.2 Å². The average Bonchev–Trinajstić information content (AvgIpc) is 2.92. The summed E-state index contributed by atoms with van der Waals surface area (Å²) in [5, 5.41) is 14.0. The Kier molecular flexibility index (Phi) is 3.79. The van der Waals surface area contributed by atoms with Crippen molar-refractivity contribution in [2.24, 2.45) is 0 Å². The molecule has 2 aliphatic rings. The minimum Gasteiger partial charge on any atom is -0.377 e. The zero-order chi connectivity index (χ0) is 13.9. The summed E-state index contributed by atoms with van der Waals surface area (Å²) >= 11 is 0. The predicted octanol–water partition coefficient (Wildman–Crippen LogP) is 1.26. The van der Waals surface area contributed by atoms with E-state index in [0.717, 1.165) is 19.7 Å². The number of morpholine rings is 1. The number of hydrogen-bond donors (Lipinski definition) is 1. The summed E-state index contributed by atoms with van der Waals surface area (Å²) in [6.07, 6.45) is 5.35. The SMILES string of the molecule is O=[N+]([O-])c1cnccc1NCC1CN2CCCC2CO1. The second kappa shape index (κ2) is 5.72. The number of hydrogen-bond acceptors (Lipinski definition) is 6. The number of ether oxygens (including phenoxy) is 1. The molecule has 0 aromatic carbocycles. The molecule has 0 radical (unpaired) electrons. The smallest absolute Gasteiger partial charge is 0.310 e. The molecule has 0 saturated carbocycles. The molecule has 0 aliphatic carbocycles. The van der Waals surface area contributed by atoms with Gasteiger partial charge in [-0.25, -0.2) is 0 Å². The maximum absolute atomic E-state index is 10.9. The molecule has 2 atom stereocenters. The van der Waals surface area contributed by atoms with Gasteiger partial charge in [-0.15, -0.1) is 0 Å². The summed E-state index contributed by atoms with van der Waals surface area (Å²) in [5.41, 5.74) is 0.500. The van der Waals surface area contributed by atoms with Crippen LogP contribution in [0.15, 0.2) is 18.5 Å². The average molecular weight is 278 g/mol. The van der Waals surface area contributed by atoms with Gasteiger partial charge in [-0.05, 0) is 25.5 Å². The van der Waals surface area contributed by atoms with Crippen LogP contribution in [0.5, 0.6) is 0 Å². The van der Waals surface area contributed by atoms with E-state index in [1.54, 1.807) is 12.3 Å². The molecule has 2 unspecified atom stereocenters. The monoisotopic (exact) mass is 278 g/mol. The third-order valence-electron chi connectivity index (χ3n) is 3.98. The molecule has 0 bridgehead atoms. The molecule has 20 heavy (non-hydrogen) atoms. The van der Waals surface area contributed by atoms with Gasteiger partial charge in [0.25, 0.3) is 0 Å². The molecular formula is C13H18N4O3. The summed E-state index contributed by atoms with van der Waals surface area (Å²) in [5.74, 6) is 0. The van der Waals surface area contributed by atoms with Gasteiger partial charge in [-0.2, -0.15) is 0 Å². The Bertz CT molecular complexity index is 496. The van der Waals surface area contributed by atoms with Crippen molar-refractivity contribution in [3.05, 3.63) is 28.6 Å². The molecule has 3 heterocycles. The highest BCUT2D eigenvalue weighted by Gasteiger charge is 2.32. The molecule has 0 amide bonds. The Labute approximate surface area is 117 Å². The molecule has 1 aromatic rings. The van der Waals surface area contributed by atoms with Gasteiger partial charge in [-0.3, -0.25) is 20.0 Å². The van der Waals surface area contributed by atoms with E-state index >= 15 is 0 Å². The molecule has 108 valence electrons. The molecule has 7 heteroatoms. The van der Waals surface area contributed by atoms with Crippen LogP contribution in [0.3, 0.4) is 0 Å². The van der Waals surface area contributed by atoms with E-state index in [1.165, 1.54) is 19.0 Å². The number of rotatable bonds is 4. The lowest BCUT2D eigenvalue weighted by Crippen LogP contribution is -2.48. The first-order valence-electron chi connectivity index (χ1n) is 6.92. The van der Waals surface area contributed by atoms with Crippen LogP contribution in [-0.2, 0) is 4.74 Å². The van der Waals surface area contributed by atoms with Crippen LogP contribution in [0.2, 0.25) is 0 Å². The normalized spacial score (nSPS) is 26.2. The van der Waals surface area contributed by atoms with Crippen molar-refractivity contribution in [2.45, 2.75) is 25.0 Å². The quantitative estimate of drug-likeness (QED) is 0.660. The Morgan fingerprint density at radius 1 is 1.60 bits per heavy atom. The fourth-order valence-electron chi connectivity index (χ4n) is 2.91. The second-order valence-corrected chi connectivity index (χ2v) is 5.28. The first-order chi connectivity index (χ1) is 9.74. The number of nitro groups is 1. The minimum atomic E-state index is -0.423. The van der Waals surface area contributed by atoms with Crippen molar-refractivity contribution >= 4 is 11.4 Å². The van der Waals surface area contributed by atoms with E-state index in [1.807, 2.05) is 0 Å². The van der Waals surface area contributed by atoms with Gasteiger partial charge in [0.15, 0.2) is 0 Å². The van der Waals surface area contributed by atoms with Gasteiger partial charge < -0.3 is 10.1 Å². The van der Waals surface area contributed by atoms with Crippen LogP contribution in [0.1, 0.15) is 12.8 Å². The summed E-state index contributed by atoms with van der Waals surface area (Å²) in [4.78, 5) is 16.7. The third-order valence-corrected chi connectivity index (χ3v) is 3.98. The van der Waals surface area contributed by atoms with Gasteiger partial charge in [0, 0.05) is 25.3 Å². The number of pyridine rings is 1. The van der Waals surface area contributed by atoms with Crippen LogP contribution in [0.4, 0.5) is 11.4 Å². The van der Waals surface area contributed by atoms with E-state index < -0.39 is 4.92 Å². The molecule has 2 fully saturated rings. The van der Waals surface area contributed by atoms with Crippen molar-refractivity contribution in [3.63, 3.8) is 0 Å². The van der Waals surface area contributed by atoms with Gasteiger partial charge in [0.05, 0.1) is 17.6 Å². The van der Waals surface area contributed by atoms with Crippen LogP contribution in [-0.4, -0.2) is 53.2 Å². The lowest BCUT2D eigenvalue weighted by Gasteiger charge is -2.35. The number of nitrogens with zero attached hydrogens (tertiary/aromatic N) is 3. The molecule has 7 nitrogen and oxygen atoms in total. The van der Waals surface area contributed by atoms with E-state index in [-0.39, 0.29) is 11.8 Å². The van der Waals surface area contributed by atoms with Crippen LogP contribution in [0.25, 0.3) is 0 Å². The van der Waals surface area contributed by atoms with E-state index in [9.17, 15) is 10.1 Å². The Morgan fingerprint density at radius 2 is 2.50 bits per heavy atom. The summed E-state index contributed by atoms with van der Waals surface area (Å²) in [7, 11) is 0. The molecule has 1 N–H and O–H groups in total. The van der Waals surface area contributed by atoms with Gasteiger partial charge >= 0.3 is 5.69 Å². The van der Waals surface area contributed by atoms with Crippen molar-refractivity contribution in [2.75, 3.05) is 31.6 Å². The highest BCUT2D eigenvalue weighted by molar-refractivity contribution is 5.59. The summed E-state index contributed by atoms with van der Waals surface area (Å²) in [6.45, 7) is 3.38. The first kappa shape index (κ1) is 13.3. The number of anilines is 1. The lowest BCUT2D eigenvalue weighted by atomic mass is 10.2. The summed E-state index contributed by atoms with van der Waals surface area (Å²) < 4.78 is 5.82. The molecule has 3 rings (SSSR count). The molecule has 0 spiro atoms. The molecule has 2 saturated heterocycles. The third kappa shape index (κ3) is 2.73. The van der Waals surface area contributed by atoms with Gasteiger partial charge in [-0.1, -0.05) is 0 Å².